The molecule has 60 heavy (non-hydrogen) atoms. The first-order chi connectivity index (χ1) is 28.7. The number of hydrogen-bond acceptors (Lipinski definition) is 11. The predicted octanol–water partition coefficient (Wildman–Crippen LogP) is 11.4. The van der Waals surface area contributed by atoms with Crippen LogP contribution >= 0.6 is 68.5 Å². The summed E-state index contributed by atoms with van der Waals surface area (Å²) >= 11 is 16.3. The Hall–Kier alpha value is -3.48. The molecule has 6 aromatic rings. The lowest BCUT2D eigenvalue weighted by molar-refractivity contribution is -0.127. The van der Waals surface area contributed by atoms with Gasteiger partial charge in [0.1, 0.15) is 15.0 Å². The first-order valence-electron chi connectivity index (χ1n) is 19.4. The first-order valence-corrected chi connectivity index (χ1v) is 23.6. The van der Waals surface area contributed by atoms with E-state index < -0.39 is 11.8 Å². The highest BCUT2D eigenvalue weighted by molar-refractivity contribution is 7.23. The van der Waals surface area contributed by atoms with Crippen molar-refractivity contribution in [2.75, 3.05) is 30.0 Å². The number of nitrogens with two attached hydrogens (primary N) is 1. The molecule has 0 atom stereocenters. The fourth-order valence-corrected chi connectivity index (χ4v) is 13.0. The number of fused-ring (bicyclic) bond motifs is 4. The van der Waals surface area contributed by atoms with E-state index >= 15 is 0 Å². The lowest BCUT2D eigenvalue weighted by Gasteiger charge is -2.44. The van der Waals surface area contributed by atoms with Gasteiger partial charge in [0.25, 0.3) is 11.8 Å². The number of amides is 1. The molecule has 6 heterocycles. The van der Waals surface area contributed by atoms with Gasteiger partial charge in [-0.25, -0.2) is 27.5 Å². The van der Waals surface area contributed by atoms with E-state index in [1.165, 1.54) is 33.4 Å². The van der Waals surface area contributed by atoms with Crippen LogP contribution in [-0.4, -0.2) is 73.8 Å². The molecule has 4 aliphatic rings. The average molecular weight is 936 g/mol. The van der Waals surface area contributed by atoms with Gasteiger partial charge in [0.05, 0.1) is 25.4 Å². The highest BCUT2D eigenvalue weighted by Crippen LogP contribution is 2.49. The number of thiazole rings is 2. The lowest BCUT2D eigenvalue weighted by Crippen LogP contribution is -2.51. The molecule has 8 nitrogen and oxygen atoms in total. The van der Waals surface area contributed by atoms with Crippen LogP contribution in [0.5, 0.6) is 0 Å². The van der Waals surface area contributed by atoms with E-state index in [4.69, 9.17) is 38.9 Å². The number of rotatable bonds is 8. The monoisotopic (exact) mass is 934 g/mol. The van der Waals surface area contributed by atoms with Crippen molar-refractivity contribution in [2.24, 2.45) is 0 Å². The Bertz CT molecular complexity index is 2490. The van der Waals surface area contributed by atoms with Crippen LogP contribution in [0, 0.1) is 0 Å². The minimum atomic E-state index is -2.52. The molecule has 2 aromatic carbocycles. The first kappa shape index (κ1) is 43.2. The number of benzene rings is 2. The topological polar surface area (TPSA) is 104 Å². The summed E-state index contributed by atoms with van der Waals surface area (Å²) in [6.07, 6.45) is 3.02. The SMILES string of the molecule is C=CC(=O)Nc1sc2c(c1-c1nc3ccccc3s1)CCN(C1CC(F)(F)C1)C2.Nc1sc2c(c1-c1nc3ccccc3s1)CCN(C1CC(F)(F)C1)C2.O=C(Cl)CCCl. The fourth-order valence-electron chi connectivity index (χ4n) is 8.01. The minimum Gasteiger partial charge on any atom is -0.390 e. The maximum atomic E-state index is 13.3. The Morgan fingerprint density at radius 2 is 1.28 bits per heavy atom. The maximum Gasteiger partial charge on any atom is 0.251 e. The van der Waals surface area contributed by atoms with Crippen molar-refractivity contribution in [3.05, 3.63) is 82.1 Å². The van der Waals surface area contributed by atoms with Crippen molar-refractivity contribution < 1.29 is 27.2 Å². The summed E-state index contributed by atoms with van der Waals surface area (Å²) in [5.74, 6) is -4.93. The van der Waals surface area contributed by atoms with Crippen molar-refractivity contribution in [1.29, 1.82) is 0 Å². The van der Waals surface area contributed by atoms with Gasteiger partial charge in [-0.1, -0.05) is 30.8 Å². The van der Waals surface area contributed by atoms with Crippen LogP contribution in [-0.2, 0) is 35.5 Å². The number of hydrogen-bond donors (Lipinski definition) is 2. The third-order valence-electron chi connectivity index (χ3n) is 11.1. The predicted molar refractivity (Wildman–Crippen MR) is 239 cm³/mol. The number of para-hydroxylation sites is 2. The number of aromatic nitrogens is 2. The second-order valence-corrected chi connectivity index (χ2v) is 20.3. The molecule has 0 saturated heterocycles. The third kappa shape index (κ3) is 9.31. The minimum absolute atomic E-state index is 0.00603. The molecule has 10 rings (SSSR count). The number of nitrogens with one attached hydrogen (secondary N) is 1. The molecule has 3 N–H and O–H groups in total. The quantitative estimate of drug-likeness (QED) is 0.0678. The van der Waals surface area contributed by atoms with Gasteiger partial charge in [0, 0.05) is 97.1 Å². The molecule has 4 aromatic heterocycles. The summed E-state index contributed by atoms with van der Waals surface area (Å²) in [5.41, 5.74) is 12.7. The van der Waals surface area contributed by atoms with Crippen molar-refractivity contribution in [2.45, 2.75) is 82.0 Å². The normalized spacial score (nSPS) is 18.6. The van der Waals surface area contributed by atoms with Gasteiger partial charge >= 0.3 is 0 Å². The highest BCUT2D eigenvalue weighted by Gasteiger charge is 2.49. The molecule has 2 aliphatic carbocycles. The van der Waals surface area contributed by atoms with Gasteiger partial charge in [0.15, 0.2) is 0 Å². The summed E-state index contributed by atoms with van der Waals surface area (Å²) < 4.78 is 55.3. The van der Waals surface area contributed by atoms with Gasteiger partial charge < -0.3 is 11.1 Å². The van der Waals surface area contributed by atoms with Crippen LogP contribution < -0.4 is 11.1 Å². The van der Waals surface area contributed by atoms with Crippen LogP contribution in [0.25, 0.3) is 41.6 Å². The maximum absolute atomic E-state index is 13.3. The van der Waals surface area contributed by atoms with Crippen molar-refractivity contribution in [1.82, 2.24) is 19.8 Å². The van der Waals surface area contributed by atoms with Gasteiger partial charge in [0.2, 0.25) is 11.1 Å². The van der Waals surface area contributed by atoms with Crippen LogP contribution in [0.1, 0.15) is 53.0 Å². The van der Waals surface area contributed by atoms with Gasteiger partial charge in [-0.15, -0.1) is 56.9 Å². The van der Waals surface area contributed by atoms with E-state index in [0.717, 1.165) is 88.9 Å². The molecule has 2 aliphatic heterocycles. The van der Waals surface area contributed by atoms with E-state index in [9.17, 15) is 27.2 Å². The molecular formula is C42H40Cl2F4N6O2S4. The summed E-state index contributed by atoms with van der Waals surface area (Å²) in [6.45, 7) is 6.49. The molecular weight excluding hydrogens is 896 g/mol. The van der Waals surface area contributed by atoms with E-state index in [0.29, 0.717) is 12.4 Å². The van der Waals surface area contributed by atoms with Crippen molar-refractivity contribution >= 4 is 110 Å². The molecule has 0 radical (unpaired) electrons. The molecule has 0 spiro atoms. The standard InChI is InChI=1S/C21H19F2N3OS2.C18H17F2N3S2.C3H4Cl2O/c1-2-17(27)25-20-18(19-24-14-5-3-4-6-15(14)28-19)13-7-8-26(11-16(13)29-20)12-9-21(22,23)10-12;19-18(20)7-10(8-18)23-6-5-11-14(9-23)24-16(21)15(11)17-22-12-3-1-2-4-13(12)25-17;4-2-1-3(5)6/h2-6,12H,1,7-11H2,(H,25,27);1-4,10H,5-9,21H2;1-2H2. The average Bonchev–Trinajstić information content (AvgIpc) is 3.97. The summed E-state index contributed by atoms with van der Waals surface area (Å²) in [6, 6.07) is 16.0. The van der Waals surface area contributed by atoms with Gasteiger partial charge in [-0.2, -0.15) is 0 Å². The second-order valence-electron chi connectivity index (χ2n) is 15.2. The molecule has 316 valence electrons. The third-order valence-corrected chi connectivity index (χ3v) is 15.8. The zero-order valence-corrected chi connectivity index (χ0v) is 36.9. The largest absolute Gasteiger partial charge is 0.390 e. The van der Waals surface area contributed by atoms with Gasteiger partial charge in [-0.3, -0.25) is 19.4 Å². The number of thiophene rings is 2. The summed E-state index contributed by atoms with van der Waals surface area (Å²) in [5, 5.41) is 5.98. The number of carbonyl (C=O) groups excluding carboxylic acids is 2. The molecule has 0 unspecified atom stereocenters. The van der Waals surface area contributed by atoms with Crippen LogP contribution in [0.2, 0.25) is 0 Å². The lowest BCUT2D eigenvalue weighted by atomic mass is 9.85. The summed E-state index contributed by atoms with van der Waals surface area (Å²) in [7, 11) is 0. The van der Waals surface area contributed by atoms with Crippen LogP contribution in [0.4, 0.5) is 27.6 Å². The van der Waals surface area contributed by atoms with E-state index in [-0.39, 0.29) is 55.3 Å². The number of nitrogens with zero attached hydrogens (tertiary/aromatic N) is 4. The molecule has 2 saturated carbocycles. The molecule has 1 amide bonds. The molecule has 0 bridgehead atoms. The van der Waals surface area contributed by atoms with E-state index in [1.807, 2.05) is 42.5 Å². The van der Waals surface area contributed by atoms with Crippen LogP contribution in [0.3, 0.4) is 0 Å². The Balaban J connectivity index is 0.000000148. The zero-order chi connectivity index (χ0) is 42.3. The Morgan fingerprint density at radius 1 is 0.800 bits per heavy atom. The zero-order valence-electron chi connectivity index (χ0n) is 32.1. The Labute approximate surface area is 370 Å². The highest BCUT2D eigenvalue weighted by atomic mass is 35.5. The second kappa shape index (κ2) is 17.7. The number of carbonyl (C=O) groups is 2. The molecule has 2 fully saturated rings. The van der Waals surface area contributed by atoms with Crippen molar-refractivity contribution in [3.63, 3.8) is 0 Å². The van der Waals surface area contributed by atoms with Crippen LogP contribution in [0.15, 0.2) is 61.2 Å². The van der Waals surface area contributed by atoms with E-state index in [1.54, 1.807) is 34.0 Å². The number of alkyl halides is 5. The summed E-state index contributed by atoms with van der Waals surface area (Å²) in [4.78, 5) is 38.0. The number of anilines is 2. The number of halogens is 6. The van der Waals surface area contributed by atoms with E-state index in [2.05, 4.69) is 27.8 Å². The fraction of sp³-hybridized carbons (Fsp3) is 0.381. The Kier molecular flexibility index (Phi) is 12.7. The van der Waals surface area contributed by atoms with Gasteiger partial charge in [-0.05, 0) is 65.9 Å². The van der Waals surface area contributed by atoms with Crippen molar-refractivity contribution in [3.8, 4) is 21.1 Å². The molecule has 18 heteroatoms. The number of nitrogen functional groups attached to an aromatic ring is 1. The Morgan fingerprint density at radius 3 is 1.73 bits per heavy atom. The smallest absolute Gasteiger partial charge is 0.251 e.